The van der Waals surface area contributed by atoms with Crippen molar-refractivity contribution in [1.29, 1.82) is 0 Å². The minimum absolute atomic E-state index is 0.203. The molecule has 1 saturated carbocycles. The summed E-state index contributed by atoms with van der Waals surface area (Å²) in [6.45, 7) is 3.17. The van der Waals surface area contributed by atoms with Crippen LogP contribution in [0.1, 0.15) is 58.3 Å². The first-order valence-electron chi connectivity index (χ1n) is 7.79. The zero-order valence-corrected chi connectivity index (χ0v) is 12.0. The van der Waals surface area contributed by atoms with E-state index in [0.29, 0.717) is 18.2 Å². The van der Waals surface area contributed by atoms with Crippen molar-refractivity contribution in [3.8, 4) is 0 Å². The minimum atomic E-state index is -0.689. The van der Waals surface area contributed by atoms with Gasteiger partial charge in [-0.25, -0.2) is 0 Å². The second-order valence-corrected chi connectivity index (χ2v) is 5.96. The molecule has 2 rings (SSSR count). The van der Waals surface area contributed by atoms with E-state index in [4.69, 9.17) is 4.74 Å². The molecule has 110 valence electrons. The SMILES string of the molecule is CCCC1CC(N(CC(=O)O)C2CCCC2)CCO1. The van der Waals surface area contributed by atoms with Gasteiger partial charge >= 0.3 is 5.97 Å². The summed E-state index contributed by atoms with van der Waals surface area (Å²) in [7, 11) is 0. The zero-order valence-electron chi connectivity index (χ0n) is 12.0. The highest BCUT2D eigenvalue weighted by molar-refractivity contribution is 5.69. The van der Waals surface area contributed by atoms with Crippen molar-refractivity contribution in [2.75, 3.05) is 13.2 Å². The van der Waals surface area contributed by atoms with Gasteiger partial charge in [0.15, 0.2) is 0 Å². The minimum Gasteiger partial charge on any atom is -0.480 e. The number of rotatable bonds is 6. The third kappa shape index (κ3) is 4.18. The predicted octanol–water partition coefficient (Wildman–Crippen LogP) is 2.66. The number of carboxylic acids is 1. The Morgan fingerprint density at radius 3 is 2.63 bits per heavy atom. The molecule has 1 aliphatic carbocycles. The van der Waals surface area contributed by atoms with Gasteiger partial charge in [0.05, 0.1) is 12.6 Å². The van der Waals surface area contributed by atoms with Gasteiger partial charge in [-0.1, -0.05) is 26.2 Å². The molecule has 1 aliphatic heterocycles. The van der Waals surface area contributed by atoms with Crippen LogP contribution in [0.25, 0.3) is 0 Å². The Labute approximate surface area is 116 Å². The first-order chi connectivity index (χ1) is 9.20. The summed E-state index contributed by atoms with van der Waals surface area (Å²) >= 11 is 0. The topological polar surface area (TPSA) is 49.8 Å². The fourth-order valence-electron chi connectivity index (χ4n) is 3.63. The Kier molecular flexibility index (Phi) is 5.64. The summed E-state index contributed by atoms with van der Waals surface area (Å²) in [6.07, 6.45) is 9.42. The monoisotopic (exact) mass is 269 g/mol. The molecule has 2 atom stereocenters. The molecule has 2 unspecified atom stereocenters. The largest absolute Gasteiger partial charge is 0.480 e. The lowest BCUT2D eigenvalue weighted by Gasteiger charge is -2.40. The number of hydrogen-bond acceptors (Lipinski definition) is 3. The van der Waals surface area contributed by atoms with Crippen LogP contribution in [0.15, 0.2) is 0 Å². The first-order valence-corrected chi connectivity index (χ1v) is 7.79. The summed E-state index contributed by atoms with van der Waals surface area (Å²) in [5.41, 5.74) is 0. The van der Waals surface area contributed by atoms with Gasteiger partial charge in [0.1, 0.15) is 0 Å². The first kappa shape index (κ1) is 14.8. The van der Waals surface area contributed by atoms with Gasteiger partial charge in [0.2, 0.25) is 0 Å². The van der Waals surface area contributed by atoms with Gasteiger partial charge in [-0.15, -0.1) is 0 Å². The highest BCUT2D eigenvalue weighted by Crippen LogP contribution is 2.30. The van der Waals surface area contributed by atoms with Crippen LogP contribution in [0.2, 0.25) is 0 Å². The molecular weight excluding hydrogens is 242 g/mol. The van der Waals surface area contributed by atoms with Crippen molar-refractivity contribution in [3.05, 3.63) is 0 Å². The second-order valence-electron chi connectivity index (χ2n) is 5.96. The van der Waals surface area contributed by atoms with Gasteiger partial charge in [-0.2, -0.15) is 0 Å². The number of carbonyl (C=O) groups is 1. The van der Waals surface area contributed by atoms with Gasteiger partial charge < -0.3 is 9.84 Å². The third-order valence-electron chi connectivity index (χ3n) is 4.53. The smallest absolute Gasteiger partial charge is 0.317 e. The number of aliphatic carboxylic acids is 1. The summed E-state index contributed by atoms with van der Waals surface area (Å²) in [6, 6.07) is 0.894. The fourth-order valence-corrected chi connectivity index (χ4v) is 3.63. The summed E-state index contributed by atoms with van der Waals surface area (Å²) < 4.78 is 5.79. The van der Waals surface area contributed by atoms with Crippen LogP contribution in [0, 0.1) is 0 Å². The molecule has 0 radical (unpaired) electrons. The van der Waals surface area contributed by atoms with Crippen LogP contribution in [0.4, 0.5) is 0 Å². The van der Waals surface area contributed by atoms with E-state index >= 15 is 0 Å². The molecule has 0 aromatic carbocycles. The zero-order chi connectivity index (χ0) is 13.7. The van der Waals surface area contributed by atoms with E-state index in [1.807, 2.05) is 0 Å². The van der Waals surface area contributed by atoms with Crippen LogP contribution in [0.5, 0.6) is 0 Å². The maximum atomic E-state index is 11.1. The Morgan fingerprint density at radius 1 is 1.26 bits per heavy atom. The number of nitrogens with zero attached hydrogens (tertiary/aromatic N) is 1. The number of carboxylic acid groups (broad SMARTS) is 1. The van der Waals surface area contributed by atoms with Crippen LogP contribution in [-0.4, -0.2) is 47.3 Å². The predicted molar refractivity (Wildman–Crippen MR) is 74.3 cm³/mol. The van der Waals surface area contributed by atoms with Crippen LogP contribution in [-0.2, 0) is 9.53 Å². The molecule has 1 heterocycles. The van der Waals surface area contributed by atoms with E-state index in [1.54, 1.807) is 0 Å². The lowest BCUT2D eigenvalue weighted by atomic mass is 9.97. The highest BCUT2D eigenvalue weighted by atomic mass is 16.5. The highest BCUT2D eigenvalue weighted by Gasteiger charge is 2.33. The van der Waals surface area contributed by atoms with Crippen LogP contribution < -0.4 is 0 Å². The Bertz CT molecular complexity index is 287. The average molecular weight is 269 g/mol. The van der Waals surface area contributed by atoms with Crippen molar-refractivity contribution in [3.63, 3.8) is 0 Å². The Balaban J connectivity index is 1.97. The Morgan fingerprint density at radius 2 is 2.00 bits per heavy atom. The second kappa shape index (κ2) is 7.25. The quantitative estimate of drug-likeness (QED) is 0.805. The molecule has 0 aromatic rings. The molecule has 2 aliphatic rings. The van der Waals surface area contributed by atoms with Crippen LogP contribution >= 0.6 is 0 Å². The van der Waals surface area contributed by atoms with E-state index in [2.05, 4.69) is 11.8 Å². The van der Waals surface area contributed by atoms with E-state index in [-0.39, 0.29) is 6.54 Å². The molecular formula is C15H27NO3. The molecule has 0 spiro atoms. The normalized spacial score (nSPS) is 28.9. The van der Waals surface area contributed by atoms with Crippen molar-refractivity contribution >= 4 is 5.97 Å². The van der Waals surface area contributed by atoms with E-state index < -0.39 is 5.97 Å². The standard InChI is InChI=1S/C15H27NO3/c1-2-5-14-10-13(8-9-19-14)16(11-15(17)18)12-6-3-4-7-12/h12-14H,2-11H2,1H3,(H,17,18). The van der Waals surface area contributed by atoms with E-state index in [0.717, 1.165) is 32.3 Å². The van der Waals surface area contributed by atoms with Crippen molar-refractivity contribution in [1.82, 2.24) is 4.90 Å². The number of hydrogen-bond donors (Lipinski definition) is 1. The van der Waals surface area contributed by atoms with Gasteiger partial charge in [0, 0.05) is 18.7 Å². The maximum absolute atomic E-state index is 11.1. The molecule has 1 N–H and O–H groups in total. The Hall–Kier alpha value is -0.610. The molecule has 2 fully saturated rings. The average Bonchev–Trinajstić information content (AvgIpc) is 2.90. The van der Waals surface area contributed by atoms with E-state index in [1.165, 1.54) is 25.7 Å². The van der Waals surface area contributed by atoms with Gasteiger partial charge in [0.25, 0.3) is 0 Å². The molecule has 4 heteroatoms. The molecule has 0 bridgehead atoms. The van der Waals surface area contributed by atoms with Gasteiger partial charge in [-0.3, -0.25) is 9.69 Å². The lowest BCUT2D eigenvalue weighted by molar-refractivity contribution is -0.141. The van der Waals surface area contributed by atoms with Crippen LogP contribution in [0.3, 0.4) is 0 Å². The summed E-state index contributed by atoms with van der Waals surface area (Å²) in [5, 5.41) is 9.17. The molecule has 0 amide bonds. The van der Waals surface area contributed by atoms with Crippen molar-refractivity contribution < 1.29 is 14.6 Å². The van der Waals surface area contributed by atoms with E-state index in [9.17, 15) is 9.90 Å². The molecule has 19 heavy (non-hydrogen) atoms. The van der Waals surface area contributed by atoms with Gasteiger partial charge in [-0.05, 0) is 32.1 Å². The molecule has 1 saturated heterocycles. The maximum Gasteiger partial charge on any atom is 0.317 e. The fraction of sp³-hybridized carbons (Fsp3) is 0.933. The summed E-state index contributed by atoms with van der Waals surface area (Å²) in [5.74, 6) is -0.689. The van der Waals surface area contributed by atoms with Crippen molar-refractivity contribution in [2.45, 2.75) is 76.5 Å². The molecule has 0 aromatic heterocycles. The molecule has 4 nitrogen and oxygen atoms in total. The summed E-state index contributed by atoms with van der Waals surface area (Å²) in [4.78, 5) is 13.4. The van der Waals surface area contributed by atoms with Crippen molar-refractivity contribution in [2.24, 2.45) is 0 Å². The number of ether oxygens (including phenoxy) is 1. The lowest BCUT2D eigenvalue weighted by Crippen LogP contribution is -2.49. The third-order valence-corrected chi connectivity index (χ3v) is 4.53.